The molecule has 13 heavy (non-hydrogen) atoms. The zero-order valence-electron chi connectivity index (χ0n) is 8.12. The molecule has 4 heteroatoms. The average Bonchev–Trinajstić information content (AvgIpc) is 2.55. The van der Waals surface area contributed by atoms with Crippen LogP contribution in [0.1, 0.15) is 20.3 Å². The molecule has 0 radical (unpaired) electrons. The predicted molar refractivity (Wildman–Crippen MR) is 55.0 cm³/mol. The van der Waals surface area contributed by atoms with Gasteiger partial charge in [0.2, 0.25) is 5.91 Å². The Balaban J connectivity index is 2.31. The Morgan fingerprint density at radius 2 is 2.31 bits per heavy atom. The van der Waals surface area contributed by atoms with Crippen LogP contribution in [0.3, 0.4) is 0 Å². The minimum absolute atomic E-state index is 0.00253. The molecule has 0 aromatic heterocycles. The summed E-state index contributed by atoms with van der Waals surface area (Å²) < 4.78 is 5.25. The van der Waals surface area contributed by atoms with Crippen LogP contribution in [-0.2, 0) is 9.53 Å². The van der Waals surface area contributed by atoms with Gasteiger partial charge in [0.1, 0.15) is 0 Å². The van der Waals surface area contributed by atoms with Gasteiger partial charge in [0.15, 0.2) is 0 Å². The Hall–Kier alpha value is -0.220. The molecule has 1 fully saturated rings. The number of ether oxygens (including phenoxy) is 1. The van der Waals surface area contributed by atoms with E-state index in [0.29, 0.717) is 5.92 Å². The maximum Gasteiger partial charge on any atom is 0.232 e. The summed E-state index contributed by atoms with van der Waals surface area (Å²) in [6.07, 6.45) is 1.04. The maximum atomic E-state index is 11.3. The summed E-state index contributed by atoms with van der Waals surface area (Å²) in [5.74, 6) is 0.471. The van der Waals surface area contributed by atoms with Crippen molar-refractivity contribution in [3.63, 3.8) is 0 Å². The Morgan fingerprint density at radius 3 is 2.77 bits per heavy atom. The molecule has 1 rings (SSSR count). The van der Waals surface area contributed by atoms with E-state index >= 15 is 0 Å². The normalized spacial score (nSPS) is 26.8. The lowest BCUT2D eigenvalue weighted by atomic mass is 10.0. The Bertz CT molecular complexity index is 178. The number of hydrogen-bond acceptors (Lipinski definition) is 3. The van der Waals surface area contributed by atoms with Crippen LogP contribution in [0.4, 0.5) is 0 Å². The van der Waals surface area contributed by atoms with Crippen LogP contribution < -0.4 is 5.32 Å². The van der Waals surface area contributed by atoms with Crippen LogP contribution in [-0.4, -0.2) is 30.4 Å². The van der Waals surface area contributed by atoms with Crippen LogP contribution in [0, 0.1) is 5.92 Å². The van der Waals surface area contributed by atoms with E-state index in [-0.39, 0.29) is 17.2 Å². The summed E-state index contributed by atoms with van der Waals surface area (Å²) >= 11 is 4.07. The third-order valence-corrected chi connectivity index (χ3v) is 2.66. The van der Waals surface area contributed by atoms with Crippen molar-refractivity contribution in [2.75, 3.05) is 13.2 Å². The van der Waals surface area contributed by atoms with Crippen LogP contribution in [0.2, 0.25) is 0 Å². The quantitative estimate of drug-likeness (QED) is 0.667. The summed E-state index contributed by atoms with van der Waals surface area (Å²) in [5, 5.41) is 2.69. The Morgan fingerprint density at radius 1 is 1.62 bits per heavy atom. The molecule has 76 valence electrons. The van der Waals surface area contributed by atoms with Crippen molar-refractivity contribution in [2.45, 2.75) is 31.6 Å². The molecule has 1 N–H and O–H groups in total. The van der Waals surface area contributed by atoms with Gasteiger partial charge in [-0.15, -0.1) is 0 Å². The van der Waals surface area contributed by atoms with Gasteiger partial charge in [-0.05, 0) is 20.3 Å². The average molecular weight is 203 g/mol. The van der Waals surface area contributed by atoms with Crippen molar-refractivity contribution < 1.29 is 9.53 Å². The fraction of sp³-hybridized carbons (Fsp3) is 0.889. The SMILES string of the molecule is CC(S)C(=O)NC(C)C1CCOC1. The molecular formula is C9H17NO2S. The first-order chi connectivity index (χ1) is 6.11. The molecule has 1 aliphatic rings. The zero-order valence-corrected chi connectivity index (χ0v) is 9.01. The van der Waals surface area contributed by atoms with Crippen LogP contribution in [0.25, 0.3) is 0 Å². The Labute approximate surface area is 84.6 Å². The minimum atomic E-state index is -0.232. The van der Waals surface area contributed by atoms with E-state index in [1.807, 2.05) is 6.92 Å². The summed E-state index contributed by atoms with van der Waals surface area (Å²) in [5.41, 5.74) is 0. The molecule has 1 aliphatic heterocycles. The number of rotatable bonds is 3. The molecule has 0 aliphatic carbocycles. The van der Waals surface area contributed by atoms with E-state index in [2.05, 4.69) is 17.9 Å². The van der Waals surface area contributed by atoms with Crippen molar-refractivity contribution in [1.82, 2.24) is 5.32 Å². The fourth-order valence-corrected chi connectivity index (χ4v) is 1.48. The van der Waals surface area contributed by atoms with Gasteiger partial charge in [0.25, 0.3) is 0 Å². The first-order valence-corrected chi connectivity index (χ1v) is 5.19. The second kappa shape index (κ2) is 4.86. The number of hydrogen-bond donors (Lipinski definition) is 2. The molecular weight excluding hydrogens is 186 g/mol. The van der Waals surface area contributed by atoms with Crippen molar-refractivity contribution in [2.24, 2.45) is 5.92 Å². The van der Waals surface area contributed by atoms with E-state index in [9.17, 15) is 4.79 Å². The highest BCUT2D eigenvalue weighted by Crippen LogP contribution is 2.16. The zero-order chi connectivity index (χ0) is 9.84. The summed E-state index contributed by atoms with van der Waals surface area (Å²) in [6.45, 7) is 5.38. The first kappa shape index (κ1) is 10.9. The number of thiol groups is 1. The lowest BCUT2D eigenvalue weighted by Gasteiger charge is -2.20. The van der Waals surface area contributed by atoms with Gasteiger partial charge < -0.3 is 10.1 Å². The number of carbonyl (C=O) groups excluding carboxylic acids is 1. The molecule has 1 amide bonds. The van der Waals surface area contributed by atoms with Gasteiger partial charge >= 0.3 is 0 Å². The second-order valence-electron chi connectivity index (χ2n) is 3.60. The van der Waals surface area contributed by atoms with E-state index in [1.165, 1.54) is 0 Å². The van der Waals surface area contributed by atoms with Gasteiger partial charge in [-0.1, -0.05) is 0 Å². The van der Waals surface area contributed by atoms with Gasteiger partial charge in [0.05, 0.1) is 11.9 Å². The molecule has 0 bridgehead atoms. The van der Waals surface area contributed by atoms with Crippen molar-refractivity contribution in [1.29, 1.82) is 0 Å². The number of amides is 1. The van der Waals surface area contributed by atoms with Gasteiger partial charge in [-0.3, -0.25) is 4.79 Å². The smallest absolute Gasteiger partial charge is 0.232 e. The van der Waals surface area contributed by atoms with Gasteiger partial charge in [-0.25, -0.2) is 0 Å². The van der Waals surface area contributed by atoms with Crippen LogP contribution in [0.5, 0.6) is 0 Å². The fourth-order valence-electron chi connectivity index (χ4n) is 1.41. The molecule has 3 unspecified atom stereocenters. The topological polar surface area (TPSA) is 38.3 Å². The van der Waals surface area contributed by atoms with Crippen molar-refractivity contribution in [3.8, 4) is 0 Å². The highest BCUT2D eigenvalue weighted by Gasteiger charge is 2.24. The second-order valence-corrected chi connectivity index (χ2v) is 4.37. The van der Waals surface area contributed by atoms with Crippen molar-refractivity contribution >= 4 is 18.5 Å². The van der Waals surface area contributed by atoms with E-state index < -0.39 is 0 Å². The molecule has 0 aromatic carbocycles. The van der Waals surface area contributed by atoms with Gasteiger partial charge in [0, 0.05) is 18.6 Å². The standard InChI is InChI=1S/C9H17NO2S/c1-6(8-3-4-12-5-8)10-9(11)7(2)13/h6-8,13H,3-5H2,1-2H3,(H,10,11). The third-order valence-electron chi connectivity index (χ3n) is 2.42. The molecule has 1 saturated heterocycles. The lowest BCUT2D eigenvalue weighted by molar-refractivity contribution is -0.121. The molecule has 1 heterocycles. The molecule has 0 saturated carbocycles. The molecule has 0 spiro atoms. The van der Waals surface area contributed by atoms with E-state index in [1.54, 1.807) is 6.92 Å². The predicted octanol–water partition coefficient (Wildman–Crippen LogP) is 0.846. The lowest BCUT2D eigenvalue weighted by Crippen LogP contribution is -2.41. The highest BCUT2D eigenvalue weighted by molar-refractivity contribution is 7.81. The monoisotopic (exact) mass is 203 g/mol. The summed E-state index contributed by atoms with van der Waals surface area (Å²) in [7, 11) is 0. The van der Waals surface area contributed by atoms with E-state index in [4.69, 9.17) is 4.74 Å². The van der Waals surface area contributed by atoms with Gasteiger partial charge in [-0.2, -0.15) is 12.6 Å². The first-order valence-electron chi connectivity index (χ1n) is 4.67. The molecule has 3 atom stereocenters. The molecule has 3 nitrogen and oxygen atoms in total. The number of nitrogens with one attached hydrogen (secondary N) is 1. The third kappa shape index (κ3) is 3.19. The Kier molecular flexibility index (Phi) is 4.06. The van der Waals surface area contributed by atoms with Crippen LogP contribution in [0.15, 0.2) is 0 Å². The maximum absolute atomic E-state index is 11.3. The summed E-state index contributed by atoms with van der Waals surface area (Å²) in [4.78, 5) is 11.3. The summed E-state index contributed by atoms with van der Waals surface area (Å²) in [6, 6.07) is 0.199. The van der Waals surface area contributed by atoms with Crippen molar-refractivity contribution in [3.05, 3.63) is 0 Å². The largest absolute Gasteiger partial charge is 0.381 e. The minimum Gasteiger partial charge on any atom is -0.381 e. The van der Waals surface area contributed by atoms with Crippen LogP contribution >= 0.6 is 12.6 Å². The van der Waals surface area contributed by atoms with E-state index in [0.717, 1.165) is 19.6 Å². The number of carbonyl (C=O) groups is 1. The molecule has 0 aromatic rings. The highest BCUT2D eigenvalue weighted by atomic mass is 32.1.